The van der Waals surface area contributed by atoms with Gasteiger partial charge in [0.2, 0.25) is 0 Å². The Hall–Kier alpha value is -4.93. The Bertz CT molecular complexity index is 2570. The Kier molecular flexibility index (Phi) is 5.39. The number of hydrogen-bond donors (Lipinski definition) is 0. The van der Waals surface area contributed by atoms with E-state index in [2.05, 4.69) is 151 Å². The Morgan fingerprint density at radius 3 is 2.09 bits per heavy atom. The van der Waals surface area contributed by atoms with E-state index in [-0.39, 0.29) is 5.41 Å². The topological polar surface area (TPSA) is 22.8 Å². The van der Waals surface area contributed by atoms with Crippen LogP contribution in [0.3, 0.4) is 0 Å². The lowest BCUT2D eigenvalue weighted by Gasteiger charge is -2.18. The van der Waals surface area contributed by atoms with E-state index >= 15 is 0 Å². The summed E-state index contributed by atoms with van der Waals surface area (Å²) in [7, 11) is 0. The molecule has 44 heavy (non-hydrogen) atoms. The number of para-hydroxylation sites is 2. The fourth-order valence-corrected chi connectivity index (χ4v) is 8.20. The Labute approximate surface area is 259 Å². The van der Waals surface area contributed by atoms with Crippen molar-refractivity contribution < 1.29 is 0 Å². The van der Waals surface area contributed by atoms with E-state index in [1.54, 1.807) is 0 Å². The molecule has 0 aliphatic heterocycles. The van der Waals surface area contributed by atoms with Gasteiger partial charge in [-0.2, -0.15) is 0 Å². The molecule has 5 aromatic carbocycles. The van der Waals surface area contributed by atoms with Crippen molar-refractivity contribution in [1.29, 1.82) is 0 Å². The molecule has 3 nitrogen and oxygen atoms in total. The first kappa shape index (κ1) is 25.6. The molecule has 0 saturated heterocycles. The monoisotopic (exact) mass is 585 g/mol. The minimum atomic E-state index is 0.161. The zero-order valence-corrected chi connectivity index (χ0v) is 25.8. The summed E-state index contributed by atoms with van der Waals surface area (Å²) in [6, 6.07) is 44.4. The summed E-state index contributed by atoms with van der Waals surface area (Å²) < 4.78 is 7.49. The highest BCUT2D eigenvalue weighted by Gasteiger charge is 2.22. The summed E-state index contributed by atoms with van der Waals surface area (Å²) in [6.45, 7) is 6.81. The first-order valence-electron chi connectivity index (χ1n) is 15.3. The third-order valence-electron chi connectivity index (χ3n) is 8.82. The number of fused-ring (bicyclic) bond motifs is 10. The number of hydrogen-bond acceptors (Lipinski definition) is 2. The molecule has 0 unspecified atom stereocenters. The van der Waals surface area contributed by atoms with Gasteiger partial charge in [0.1, 0.15) is 5.82 Å². The van der Waals surface area contributed by atoms with Gasteiger partial charge in [0.15, 0.2) is 0 Å². The highest BCUT2D eigenvalue weighted by molar-refractivity contribution is 7.25. The van der Waals surface area contributed by atoms with Gasteiger partial charge in [-0.1, -0.05) is 87.5 Å². The molecule has 9 rings (SSSR count). The quantitative estimate of drug-likeness (QED) is 0.202. The second kappa shape index (κ2) is 9.28. The summed E-state index contributed by atoms with van der Waals surface area (Å²) in [4.78, 5) is 5.22. The molecule has 0 N–H and O–H groups in total. The van der Waals surface area contributed by atoms with Crippen molar-refractivity contribution in [3.05, 3.63) is 127 Å². The summed E-state index contributed by atoms with van der Waals surface area (Å²) in [6.07, 6.45) is 0.927. The molecule has 4 heterocycles. The van der Waals surface area contributed by atoms with Crippen molar-refractivity contribution in [2.45, 2.75) is 27.2 Å². The SMILES string of the molecule is CC(C)(C)Cc1cccc(-n2c3ccccc3c3c2ccc2c4ccccc4n(-c4ccc5sc6ccccc6c5c4)c23)n1. The maximum Gasteiger partial charge on any atom is 0.137 e. The molecule has 0 radical (unpaired) electrons. The van der Waals surface area contributed by atoms with Crippen LogP contribution in [0.2, 0.25) is 0 Å². The second-order valence-electron chi connectivity index (χ2n) is 13.1. The molecule has 0 aliphatic carbocycles. The fourth-order valence-electron chi connectivity index (χ4n) is 7.11. The van der Waals surface area contributed by atoms with Crippen LogP contribution in [-0.2, 0) is 6.42 Å². The maximum atomic E-state index is 5.22. The zero-order chi connectivity index (χ0) is 29.6. The smallest absolute Gasteiger partial charge is 0.137 e. The number of pyridine rings is 1. The number of rotatable bonds is 3. The number of nitrogens with zero attached hydrogens (tertiary/aromatic N) is 3. The number of benzene rings is 5. The van der Waals surface area contributed by atoms with Crippen LogP contribution in [0.15, 0.2) is 121 Å². The van der Waals surface area contributed by atoms with Crippen molar-refractivity contribution in [2.75, 3.05) is 0 Å². The van der Waals surface area contributed by atoms with Crippen LogP contribution in [0.1, 0.15) is 26.5 Å². The normalized spacial score (nSPS) is 12.5. The zero-order valence-electron chi connectivity index (χ0n) is 25.0. The Morgan fingerprint density at radius 2 is 1.27 bits per heavy atom. The second-order valence-corrected chi connectivity index (χ2v) is 14.1. The molecule has 212 valence electrons. The Balaban J connectivity index is 1.41. The average molecular weight is 586 g/mol. The third-order valence-corrected chi connectivity index (χ3v) is 9.97. The van der Waals surface area contributed by atoms with Crippen LogP contribution < -0.4 is 0 Å². The van der Waals surface area contributed by atoms with Gasteiger partial charge < -0.3 is 4.57 Å². The Morgan fingerprint density at radius 1 is 0.568 bits per heavy atom. The van der Waals surface area contributed by atoms with Crippen LogP contribution in [0.4, 0.5) is 0 Å². The summed E-state index contributed by atoms with van der Waals surface area (Å²) in [5.41, 5.74) is 7.26. The van der Waals surface area contributed by atoms with Crippen molar-refractivity contribution in [3.8, 4) is 11.5 Å². The standard InChI is InChI=1S/C40H31N3S/c1-40(2,3)24-25-11-10-18-37(41-25)43-33-16-8-5-14-30(33)38-34(43)21-20-29-27-12-4-7-15-32(27)42(39(29)38)26-19-22-36-31(23-26)28-13-6-9-17-35(28)44-36/h4-23H,24H2,1-3H3. The molecule has 0 bridgehead atoms. The van der Waals surface area contributed by atoms with Gasteiger partial charge in [0.05, 0.1) is 22.1 Å². The van der Waals surface area contributed by atoms with Crippen LogP contribution in [0.5, 0.6) is 0 Å². The molecule has 0 spiro atoms. The van der Waals surface area contributed by atoms with E-state index in [0.29, 0.717) is 0 Å². The van der Waals surface area contributed by atoms with Gasteiger partial charge in [0, 0.05) is 53.1 Å². The lowest BCUT2D eigenvalue weighted by atomic mass is 9.90. The van der Waals surface area contributed by atoms with Crippen LogP contribution >= 0.6 is 11.3 Å². The van der Waals surface area contributed by atoms with Gasteiger partial charge in [-0.05, 0) is 66.4 Å². The summed E-state index contributed by atoms with van der Waals surface area (Å²) in [5, 5.41) is 7.65. The molecule has 4 aromatic heterocycles. The van der Waals surface area contributed by atoms with Crippen LogP contribution in [0, 0.1) is 5.41 Å². The minimum Gasteiger partial charge on any atom is -0.309 e. The first-order valence-corrected chi connectivity index (χ1v) is 16.1. The lowest BCUT2D eigenvalue weighted by molar-refractivity contribution is 0.406. The van der Waals surface area contributed by atoms with Gasteiger partial charge in [-0.3, -0.25) is 4.57 Å². The van der Waals surface area contributed by atoms with Crippen LogP contribution in [-0.4, -0.2) is 14.1 Å². The molecule has 0 atom stereocenters. The predicted octanol–water partition coefficient (Wildman–Crippen LogP) is 11.2. The van der Waals surface area contributed by atoms with E-state index in [1.165, 1.54) is 69.5 Å². The number of aromatic nitrogens is 3. The highest BCUT2D eigenvalue weighted by Crippen LogP contribution is 2.43. The minimum absolute atomic E-state index is 0.161. The highest BCUT2D eigenvalue weighted by atomic mass is 32.1. The molecule has 0 amide bonds. The third kappa shape index (κ3) is 3.77. The van der Waals surface area contributed by atoms with Crippen molar-refractivity contribution in [2.24, 2.45) is 5.41 Å². The van der Waals surface area contributed by atoms with Crippen molar-refractivity contribution >= 4 is 75.1 Å². The van der Waals surface area contributed by atoms with Crippen molar-refractivity contribution in [3.63, 3.8) is 0 Å². The van der Waals surface area contributed by atoms with Gasteiger partial charge >= 0.3 is 0 Å². The lowest BCUT2D eigenvalue weighted by Crippen LogP contribution is -2.11. The number of thiophene rings is 1. The van der Waals surface area contributed by atoms with E-state index in [9.17, 15) is 0 Å². The molecule has 9 aromatic rings. The first-order chi connectivity index (χ1) is 21.4. The molecular formula is C40H31N3S. The summed E-state index contributed by atoms with van der Waals surface area (Å²) in [5.74, 6) is 0.964. The molecule has 0 saturated carbocycles. The van der Waals surface area contributed by atoms with E-state index in [4.69, 9.17) is 4.98 Å². The van der Waals surface area contributed by atoms with E-state index in [1.807, 2.05) is 11.3 Å². The van der Waals surface area contributed by atoms with Gasteiger partial charge in [-0.25, -0.2) is 4.98 Å². The van der Waals surface area contributed by atoms with Gasteiger partial charge in [-0.15, -0.1) is 11.3 Å². The van der Waals surface area contributed by atoms with E-state index in [0.717, 1.165) is 17.9 Å². The average Bonchev–Trinajstić information content (AvgIpc) is 3.67. The molecular weight excluding hydrogens is 555 g/mol. The van der Waals surface area contributed by atoms with Crippen molar-refractivity contribution in [1.82, 2.24) is 14.1 Å². The molecule has 0 aliphatic rings. The predicted molar refractivity (Wildman–Crippen MR) is 189 cm³/mol. The van der Waals surface area contributed by atoms with E-state index < -0.39 is 0 Å². The maximum absolute atomic E-state index is 5.22. The molecule has 0 fully saturated rings. The van der Waals surface area contributed by atoms with Gasteiger partial charge in [0.25, 0.3) is 0 Å². The largest absolute Gasteiger partial charge is 0.309 e. The summed E-state index contributed by atoms with van der Waals surface area (Å²) >= 11 is 1.87. The van der Waals surface area contributed by atoms with Crippen LogP contribution in [0.25, 0.3) is 75.3 Å². The molecule has 4 heteroatoms. The fraction of sp³-hybridized carbons (Fsp3) is 0.125.